The van der Waals surface area contributed by atoms with Crippen molar-refractivity contribution in [2.24, 2.45) is 0 Å². The van der Waals surface area contributed by atoms with E-state index >= 15 is 0 Å². The minimum absolute atomic E-state index is 0.353. The molecule has 4 aromatic carbocycles. The van der Waals surface area contributed by atoms with Gasteiger partial charge in [0.05, 0.1) is 25.3 Å². The van der Waals surface area contributed by atoms with Crippen molar-refractivity contribution in [3.63, 3.8) is 0 Å². The third kappa shape index (κ3) is 3.52. The molecular weight excluding hydrogens is 376 g/mol. The summed E-state index contributed by atoms with van der Waals surface area (Å²) in [5.41, 5.74) is 2.95. The first-order valence-electron chi connectivity index (χ1n) is 9.82. The zero-order valence-electron chi connectivity index (χ0n) is 17.0. The summed E-state index contributed by atoms with van der Waals surface area (Å²) in [6.45, 7) is 0. The first-order chi connectivity index (χ1) is 14.6. The smallest absolute Gasteiger partial charge is 0.338 e. The Morgan fingerprint density at radius 3 is 1.40 bits per heavy atom. The second kappa shape index (κ2) is 8.37. The largest absolute Gasteiger partial charge is 0.465 e. The number of hydrogen-bond acceptors (Lipinski definition) is 4. The Bertz CT molecular complexity index is 1160. The van der Waals surface area contributed by atoms with Gasteiger partial charge in [-0.05, 0) is 45.5 Å². The number of aryl methyl sites for hydroxylation is 2. The average molecular weight is 398 g/mol. The molecule has 0 amide bonds. The first kappa shape index (κ1) is 19.6. The fraction of sp³-hybridized carbons (Fsp3) is 0.154. The Kier molecular flexibility index (Phi) is 5.48. The van der Waals surface area contributed by atoms with Crippen LogP contribution >= 0.6 is 0 Å². The van der Waals surface area contributed by atoms with Crippen molar-refractivity contribution in [3.05, 3.63) is 95.1 Å². The van der Waals surface area contributed by atoms with Crippen molar-refractivity contribution in [2.75, 3.05) is 14.2 Å². The fourth-order valence-electron chi connectivity index (χ4n) is 4.01. The van der Waals surface area contributed by atoms with E-state index in [0.29, 0.717) is 24.0 Å². The van der Waals surface area contributed by atoms with E-state index in [1.54, 1.807) is 0 Å². The van der Waals surface area contributed by atoms with E-state index in [1.807, 2.05) is 72.8 Å². The highest BCUT2D eigenvalue weighted by Gasteiger charge is 2.19. The lowest BCUT2D eigenvalue weighted by Gasteiger charge is -2.14. The Morgan fingerprint density at radius 1 is 0.600 bits per heavy atom. The van der Waals surface area contributed by atoms with E-state index in [4.69, 9.17) is 9.47 Å². The van der Waals surface area contributed by atoms with Gasteiger partial charge in [0.1, 0.15) is 0 Å². The summed E-state index contributed by atoms with van der Waals surface area (Å²) in [6, 6.07) is 23.5. The highest BCUT2D eigenvalue weighted by Crippen LogP contribution is 2.27. The molecule has 4 rings (SSSR count). The van der Waals surface area contributed by atoms with Crippen LogP contribution in [0.2, 0.25) is 0 Å². The fourth-order valence-corrected chi connectivity index (χ4v) is 4.01. The van der Waals surface area contributed by atoms with Crippen LogP contribution in [-0.4, -0.2) is 26.2 Å². The normalized spacial score (nSPS) is 10.9. The molecule has 0 aliphatic rings. The van der Waals surface area contributed by atoms with Crippen molar-refractivity contribution in [2.45, 2.75) is 12.8 Å². The van der Waals surface area contributed by atoms with Gasteiger partial charge in [0.15, 0.2) is 0 Å². The first-order valence-corrected chi connectivity index (χ1v) is 9.82. The highest BCUT2D eigenvalue weighted by atomic mass is 16.5. The van der Waals surface area contributed by atoms with E-state index in [0.717, 1.165) is 32.7 Å². The van der Waals surface area contributed by atoms with Gasteiger partial charge >= 0.3 is 11.9 Å². The lowest BCUT2D eigenvalue weighted by atomic mass is 9.91. The Morgan fingerprint density at radius 2 is 1.00 bits per heavy atom. The summed E-state index contributed by atoms with van der Waals surface area (Å²) in [5.74, 6) is -0.706. The number of ether oxygens (including phenoxy) is 2. The molecule has 0 aromatic heterocycles. The molecule has 0 atom stereocenters. The van der Waals surface area contributed by atoms with Gasteiger partial charge in [-0.3, -0.25) is 0 Å². The Labute approximate surface area is 175 Å². The van der Waals surface area contributed by atoms with Gasteiger partial charge in [0.2, 0.25) is 0 Å². The molecule has 4 aromatic rings. The van der Waals surface area contributed by atoms with E-state index in [2.05, 4.69) is 0 Å². The SMILES string of the molecule is COC(=O)c1c(CCc2ccc3ccccc3c2C(=O)OC)ccc2ccccc12. The molecule has 0 saturated heterocycles. The quantitative estimate of drug-likeness (QED) is 0.425. The Hall–Kier alpha value is -3.66. The zero-order valence-corrected chi connectivity index (χ0v) is 17.0. The lowest BCUT2D eigenvalue weighted by Crippen LogP contribution is -2.10. The van der Waals surface area contributed by atoms with Crippen LogP contribution < -0.4 is 0 Å². The van der Waals surface area contributed by atoms with Crippen molar-refractivity contribution < 1.29 is 19.1 Å². The topological polar surface area (TPSA) is 52.6 Å². The molecule has 0 aliphatic carbocycles. The number of methoxy groups -OCH3 is 2. The number of carbonyl (C=O) groups excluding carboxylic acids is 2. The van der Waals surface area contributed by atoms with Gasteiger partial charge in [0, 0.05) is 0 Å². The molecule has 0 bridgehead atoms. The molecule has 0 fully saturated rings. The maximum Gasteiger partial charge on any atom is 0.338 e. The second-order valence-corrected chi connectivity index (χ2v) is 7.12. The predicted molar refractivity (Wildman–Crippen MR) is 118 cm³/mol. The molecule has 0 heterocycles. The van der Waals surface area contributed by atoms with E-state index in [-0.39, 0.29) is 11.9 Å². The maximum absolute atomic E-state index is 12.6. The van der Waals surface area contributed by atoms with Crippen molar-refractivity contribution >= 4 is 33.5 Å². The molecule has 30 heavy (non-hydrogen) atoms. The standard InChI is InChI=1S/C26H22O4/c1-29-25(27)23-19(13-11-17-7-3-5-9-21(17)23)15-16-20-14-12-18-8-4-6-10-22(18)24(20)26(28)30-2/h3-14H,15-16H2,1-2H3. The van der Waals surface area contributed by atoms with E-state index in [1.165, 1.54) is 14.2 Å². The third-order valence-electron chi connectivity index (χ3n) is 5.47. The summed E-state index contributed by atoms with van der Waals surface area (Å²) in [4.78, 5) is 25.1. The van der Waals surface area contributed by atoms with Crippen molar-refractivity contribution in [3.8, 4) is 0 Å². The average Bonchev–Trinajstić information content (AvgIpc) is 2.80. The van der Waals surface area contributed by atoms with E-state index in [9.17, 15) is 9.59 Å². The minimum Gasteiger partial charge on any atom is -0.465 e. The summed E-state index contributed by atoms with van der Waals surface area (Å²) < 4.78 is 10.1. The molecule has 0 spiro atoms. The van der Waals surface area contributed by atoms with Crippen LogP contribution in [0.15, 0.2) is 72.8 Å². The molecule has 4 nitrogen and oxygen atoms in total. The van der Waals surface area contributed by atoms with Crippen LogP contribution in [0.25, 0.3) is 21.5 Å². The van der Waals surface area contributed by atoms with Gasteiger partial charge in [-0.15, -0.1) is 0 Å². The third-order valence-corrected chi connectivity index (χ3v) is 5.47. The molecule has 0 N–H and O–H groups in total. The number of esters is 2. The van der Waals surface area contributed by atoms with Gasteiger partial charge in [-0.1, -0.05) is 72.8 Å². The summed E-state index contributed by atoms with van der Waals surface area (Å²) in [6.07, 6.45) is 1.19. The zero-order chi connectivity index (χ0) is 21.1. The number of hydrogen-bond donors (Lipinski definition) is 0. The molecule has 0 unspecified atom stereocenters. The van der Waals surface area contributed by atoms with E-state index < -0.39 is 0 Å². The number of fused-ring (bicyclic) bond motifs is 2. The molecule has 0 aliphatic heterocycles. The van der Waals surface area contributed by atoms with Crippen LogP contribution in [0.5, 0.6) is 0 Å². The number of carbonyl (C=O) groups is 2. The summed E-state index contributed by atoms with van der Waals surface area (Å²) in [5, 5.41) is 3.72. The molecule has 150 valence electrons. The van der Waals surface area contributed by atoms with Gasteiger partial charge in [0.25, 0.3) is 0 Å². The van der Waals surface area contributed by atoms with Gasteiger partial charge in [-0.25, -0.2) is 9.59 Å². The Balaban J connectivity index is 1.77. The summed E-state index contributed by atoms with van der Waals surface area (Å²) >= 11 is 0. The van der Waals surface area contributed by atoms with Crippen molar-refractivity contribution in [1.82, 2.24) is 0 Å². The molecule has 0 saturated carbocycles. The minimum atomic E-state index is -0.353. The molecule has 0 radical (unpaired) electrons. The van der Waals surface area contributed by atoms with Crippen LogP contribution in [0.4, 0.5) is 0 Å². The summed E-state index contributed by atoms with van der Waals surface area (Å²) in [7, 11) is 2.79. The number of benzene rings is 4. The van der Waals surface area contributed by atoms with Crippen molar-refractivity contribution in [1.29, 1.82) is 0 Å². The maximum atomic E-state index is 12.6. The van der Waals surface area contributed by atoms with Crippen LogP contribution in [0.1, 0.15) is 31.8 Å². The highest BCUT2D eigenvalue weighted by molar-refractivity contribution is 6.07. The predicted octanol–water partition coefficient (Wildman–Crippen LogP) is 5.35. The second-order valence-electron chi connectivity index (χ2n) is 7.12. The van der Waals surface area contributed by atoms with Gasteiger partial charge < -0.3 is 9.47 Å². The van der Waals surface area contributed by atoms with Crippen LogP contribution in [0.3, 0.4) is 0 Å². The lowest BCUT2D eigenvalue weighted by molar-refractivity contribution is 0.0592. The number of rotatable bonds is 5. The van der Waals surface area contributed by atoms with Crippen LogP contribution in [-0.2, 0) is 22.3 Å². The molecular formula is C26H22O4. The molecule has 4 heteroatoms. The van der Waals surface area contributed by atoms with Gasteiger partial charge in [-0.2, -0.15) is 0 Å². The van der Waals surface area contributed by atoms with Crippen LogP contribution in [0, 0.1) is 0 Å². The monoisotopic (exact) mass is 398 g/mol.